The summed E-state index contributed by atoms with van der Waals surface area (Å²) in [4.78, 5) is 23.7. The van der Waals surface area contributed by atoms with Crippen LogP contribution in [0.2, 0.25) is 0 Å². The summed E-state index contributed by atoms with van der Waals surface area (Å²) in [6.07, 6.45) is 0.560. The highest BCUT2D eigenvalue weighted by Gasteiger charge is 2.31. The van der Waals surface area contributed by atoms with Gasteiger partial charge in [-0.3, -0.25) is 9.59 Å². The first kappa shape index (κ1) is 17.3. The molecule has 0 saturated carbocycles. The van der Waals surface area contributed by atoms with E-state index >= 15 is 0 Å². The molecular formula is C18H17NO5S. The first-order chi connectivity index (χ1) is 12.0. The van der Waals surface area contributed by atoms with E-state index in [1.54, 1.807) is 0 Å². The van der Waals surface area contributed by atoms with Gasteiger partial charge in [0.2, 0.25) is 10.0 Å². The minimum atomic E-state index is -3.84. The quantitative estimate of drug-likeness (QED) is 0.626. The van der Waals surface area contributed by atoms with E-state index in [-0.39, 0.29) is 23.7 Å². The third-order valence-electron chi connectivity index (χ3n) is 3.93. The minimum Gasteiger partial charge on any atom is -0.464 e. The summed E-state index contributed by atoms with van der Waals surface area (Å²) in [7, 11) is -3.84. The summed E-state index contributed by atoms with van der Waals surface area (Å²) in [5, 5.41) is 0. The number of esters is 1. The normalized spacial score (nSPS) is 17.3. The van der Waals surface area contributed by atoms with Crippen molar-refractivity contribution in [3.8, 4) is 0 Å². The number of carbonyl (C=O) groups is 2. The van der Waals surface area contributed by atoms with Crippen LogP contribution in [0.25, 0.3) is 0 Å². The third kappa shape index (κ3) is 4.12. The number of nitrogens with one attached hydrogen (secondary N) is 1. The number of hydrogen-bond donors (Lipinski definition) is 1. The predicted octanol–water partition coefficient (Wildman–Crippen LogP) is 1.71. The molecule has 7 heteroatoms. The number of cyclic esters (lactones) is 1. The van der Waals surface area contributed by atoms with E-state index in [1.807, 2.05) is 30.3 Å². The zero-order chi connectivity index (χ0) is 17.9. The molecule has 0 amide bonds. The molecule has 0 bridgehead atoms. The van der Waals surface area contributed by atoms with Crippen molar-refractivity contribution in [3.63, 3.8) is 0 Å². The van der Waals surface area contributed by atoms with Crippen LogP contribution in [-0.4, -0.2) is 32.8 Å². The molecule has 2 aromatic rings. The fourth-order valence-corrected chi connectivity index (χ4v) is 3.78. The van der Waals surface area contributed by atoms with E-state index < -0.39 is 22.0 Å². The van der Waals surface area contributed by atoms with Gasteiger partial charge in [-0.25, -0.2) is 8.42 Å². The van der Waals surface area contributed by atoms with Crippen molar-refractivity contribution < 1.29 is 22.7 Å². The Bertz CT molecular complexity index is 875. The first-order valence-corrected chi connectivity index (χ1v) is 9.30. The summed E-state index contributed by atoms with van der Waals surface area (Å²) in [5.74, 6) is -0.666. The lowest BCUT2D eigenvalue weighted by atomic mass is 10.0. The highest BCUT2D eigenvalue weighted by atomic mass is 32.2. The monoisotopic (exact) mass is 359 g/mol. The van der Waals surface area contributed by atoms with Gasteiger partial charge in [0.05, 0.1) is 11.5 Å². The molecule has 130 valence electrons. The molecule has 1 saturated heterocycles. The van der Waals surface area contributed by atoms with Crippen LogP contribution >= 0.6 is 0 Å². The zero-order valence-corrected chi connectivity index (χ0v) is 14.2. The molecule has 6 nitrogen and oxygen atoms in total. The summed E-state index contributed by atoms with van der Waals surface area (Å²) in [6.45, 7) is 0.207. The van der Waals surface area contributed by atoms with Crippen molar-refractivity contribution in [2.75, 3.05) is 6.61 Å². The van der Waals surface area contributed by atoms with Gasteiger partial charge >= 0.3 is 5.97 Å². The van der Waals surface area contributed by atoms with Crippen molar-refractivity contribution in [2.45, 2.75) is 23.8 Å². The Kier molecular flexibility index (Phi) is 4.96. The SMILES string of the molecule is O=C(Cc1ccccc1)c1ccc(S(=O)(=O)N[C@H]2CCOC2=O)cc1. The lowest BCUT2D eigenvalue weighted by Crippen LogP contribution is -2.37. The molecule has 0 unspecified atom stereocenters. The topological polar surface area (TPSA) is 89.5 Å². The van der Waals surface area contributed by atoms with Gasteiger partial charge in [0.1, 0.15) is 6.04 Å². The molecule has 1 atom stereocenters. The van der Waals surface area contributed by atoms with Gasteiger partial charge in [0, 0.05) is 18.4 Å². The fraction of sp³-hybridized carbons (Fsp3) is 0.222. The second-order valence-electron chi connectivity index (χ2n) is 5.74. The Hall–Kier alpha value is -2.51. The zero-order valence-electron chi connectivity index (χ0n) is 13.3. The smallest absolute Gasteiger partial charge is 0.324 e. The predicted molar refractivity (Wildman–Crippen MR) is 90.6 cm³/mol. The molecule has 1 aliphatic heterocycles. The molecule has 2 aromatic carbocycles. The molecule has 0 aliphatic carbocycles. The fourth-order valence-electron chi connectivity index (χ4n) is 2.56. The maximum Gasteiger partial charge on any atom is 0.324 e. The summed E-state index contributed by atoms with van der Waals surface area (Å²) in [6, 6.07) is 14.1. The van der Waals surface area contributed by atoms with E-state index in [2.05, 4.69) is 4.72 Å². The number of Topliss-reactive ketones (excluding diaryl/α,β-unsaturated/α-hetero) is 1. The van der Waals surface area contributed by atoms with E-state index in [0.717, 1.165) is 5.56 Å². The molecule has 1 fully saturated rings. The lowest BCUT2D eigenvalue weighted by molar-refractivity contribution is -0.139. The van der Waals surface area contributed by atoms with Gasteiger partial charge in [0.15, 0.2) is 5.78 Å². The number of rotatable bonds is 6. The molecule has 0 spiro atoms. The van der Waals surface area contributed by atoms with Crippen LogP contribution < -0.4 is 4.72 Å². The van der Waals surface area contributed by atoms with Gasteiger partial charge in [-0.2, -0.15) is 4.72 Å². The summed E-state index contributed by atoms with van der Waals surface area (Å²) >= 11 is 0. The number of sulfonamides is 1. The molecular weight excluding hydrogens is 342 g/mol. The van der Waals surface area contributed by atoms with Crippen molar-refractivity contribution in [2.24, 2.45) is 0 Å². The summed E-state index contributed by atoms with van der Waals surface area (Å²) < 4.78 is 31.7. The Morgan fingerprint density at radius 1 is 1.08 bits per heavy atom. The van der Waals surface area contributed by atoms with E-state index in [9.17, 15) is 18.0 Å². The standard InChI is InChI=1S/C18H17NO5S/c20-17(12-13-4-2-1-3-5-13)14-6-8-15(9-7-14)25(22,23)19-16-10-11-24-18(16)21/h1-9,16,19H,10-12H2/t16-/m0/s1. The molecule has 1 heterocycles. The van der Waals surface area contributed by atoms with E-state index in [0.29, 0.717) is 12.0 Å². The molecule has 3 rings (SSSR count). The Morgan fingerprint density at radius 2 is 1.76 bits per heavy atom. The average molecular weight is 359 g/mol. The second kappa shape index (κ2) is 7.16. The van der Waals surface area contributed by atoms with Crippen LogP contribution in [0.3, 0.4) is 0 Å². The number of ketones is 1. The molecule has 0 radical (unpaired) electrons. The molecule has 1 N–H and O–H groups in total. The van der Waals surface area contributed by atoms with Crippen LogP contribution in [0.4, 0.5) is 0 Å². The van der Waals surface area contributed by atoms with Crippen molar-refractivity contribution >= 4 is 21.8 Å². The van der Waals surface area contributed by atoms with Crippen molar-refractivity contribution in [1.29, 1.82) is 0 Å². The Balaban J connectivity index is 1.71. The highest BCUT2D eigenvalue weighted by molar-refractivity contribution is 7.89. The van der Waals surface area contributed by atoms with Crippen molar-refractivity contribution in [1.82, 2.24) is 4.72 Å². The first-order valence-electron chi connectivity index (χ1n) is 7.82. The van der Waals surface area contributed by atoms with Gasteiger partial charge in [0.25, 0.3) is 0 Å². The molecule has 1 aliphatic rings. The Labute approximate surface area is 145 Å². The van der Waals surface area contributed by atoms with Gasteiger partial charge in [-0.05, 0) is 17.7 Å². The second-order valence-corrected chi connectivity index (χ2v) is 7.45. The van der Waals surface area contributed by atoms with Crippen molar-refractivity contribution in [3.05, 3.63) is 65.7 Å². The maximum absolute atomic E-state index is 12.3. The van der Waals surface area contributed by atoms with Crippen LogP contribution in [0.1, 0.15) is 22.3 Å². The maximum atomic E-state index is 12.3. The van der Waals surface area contributed by atoms with Gasteiger partial charge < -0.3 is 4.74 Å². The van der Waals surface area contributed by atoms with Gasteiger partial charge in [-0.15, -0.1) is 0 Å². The summed E-state index contributed by atoms with van der Waals surface area (Å²) in [5.41, 5.74) is 1.33. The van der Waals surface area contributed by atoms with E-state index in [1.165, 1.54) is 24.3 Å². The minimum absolute atomic E-state index is 0.00320. The number of benzene rings is 2. The highest BCUT2D eigenvalue weighted by Crippen LogP contribution is 2.15. The number of ether oxygens (including phenoxy) is 1. The molecule has 25 heavy (non-hydrogen) atoms. The van der Waals surface area contributed by atoms with Crippen LogP contribution in [0, 0.1) is 0 Å². The van der Waals surface area contributed by atoms with Gasteiger partial charge in [-0.1, -0.05) is 42.5 Å². The largest absolute Gasteiger partial charge is 0.464 e. The number of carbonyl (C=O) groups excluding carboxylic acids is 2. The number of hydrogen-bond acceptors (Lipinski definition) is 5. The lowest BCUT2D eigenvalue weighted by Gasteiger charge is -2.10. The van der Waals surface area contributed by atoms with Crippen LogP contribution in [-0.2, 0) is 26.0 Å². The average Bonchev–Trinajstić information content (AvgIpc) is 3.00. The van der Waals surface area contributed by atoms with Crippen LogP contribution in [0.15, 0.2) is 59.5 Å². The van der Waals surface area contributed by atoms with E-state index in [4.69, 9.17) is 4.74 Å². The van der Waals surface area contributed by atoms with Crippen LogP contribution in [0.5, 0.6) is 0 Å². The third-order valence-corrected chi connectivity index (χ3v) is 5.41. The Morgan fingerprint density at radius 3 is 2.36 bits per heavy atom. The molecule has 0 aromatic heterocycles.